The van der Waals surface area contributed by atoms with Crippen LogP contribution in [0.25, 0.3) is 0 Å². The molecule has 82 valence electrons. The summed E-state index contributed by atoms with van der Waals surface area (Å²) >= 11 is 3.32. The van der Waals surface area contributed by atoms with Gasteiger partial charge in [0.2, 0.25) is 5.91 Å². The van der Waals surface area contributed by atoms with E-state index in [9.17, 15) is 4.79 Å². The third-order valence-electron chi connectivity index (χ3n) is 2.19. The monoisotopic (exact) mass is 270 g/mol. The second-order valence-corrected chi connectivity index (χ2v) is 4.50. The number of hydrogen-bond acceptors (Lipinski definition) is 2. The molecule has 1 aromatic rings. The van der Waals surface area contributed by atoms with Crippen molar-refractivity contribution in [3.05, 3.63) is 30.1 Å². The zero-order chi connectivity index (χ0) is 11.3. The topological polar surface area (TPSA) is 42.0 Å². The molecular formula is C11H15BrN2O. The first-order valence-corrected chi connectivity index (χ1v) is 5.91. The second-order valence-electron chi connectivity index (χ2n) is 3.39. The highest BCUT2D eigenvalue weighted by molar-refractivity contribution is 9.10. The van der Waals surface area contributed by atoms with Crippen LogP contribution in [-0.4, -0.2) is 15.7 Å². The highest BCUT2D eigenvalue weighted by Gasteiger charge is 2.15. The number of aromatic nitrogens is 1. The Kier molecular flexibility index (Phi) is 4.75. The van der Waals surface area contributed by atoms with Gasteiger partial charge in [-0.05, 0) is 25.0 Å². The maximum absolute atomic E-state index is 11.6. The molecule has 0 spiro atoms. The number of amides is 1. The summed E-state index contributed by atoms with van der Waals surface area (Å²) in [5.74, 6) is 0.0221. The Balaban J connectivity index is 2.56. The van der Waals surface area contributed by atoms with Crippen LogP contribution in [0.3, 0.4) is 0 Å². The summed E-state index contributed by atoms with van der Waals surface area (Å²) in [6.45, 7) is 3.91. The molecule has 0 saturated carbocycles. The first-order valence-electron chi connectivity index (χ1n) is 4.99. The fourth-order valence-corrected chi connectivity index (χ4v) is 1.34. The average Bonchev–Trinajstić information content (AvgIpc) is 2.29. The van der Waals surface area contributed by atoms with Crippen molar-refractivity contribution in [1.82, 2.24) is 10.3 Å². The highest BCUT2D eigenvalue weighted by Crippen LogP contribution is 2.12. The summed E-state index contributed by atoms with van der Waals surface area (Å²) in [7, 11) is 0. The van der Waals surface area contributed by atoms with Gasteiger partial charge in [0.15, 0.2) is 0 Å². The number of pyridine rings is 1. The van der Waals surface area contributed by atoms with Crippen LogP contribution in [0.2, 0.25) is 0 Å². The first-order chi connectivity index (χ1) is 7.15. The van der Waals surface area contributed by atoms with Gasteiger partial charge in [-0.1, -0.05) is 28.9 Å². The van der Waals surface area contributed by atoms with Gasteiger partial charge in [0.05, 0.1) is 10.9 Å². The number of hydrogen-bond donors (Lipinski definition) is 1. The molecule has 1 rings (SSSR count). The van der Waals surface area contributed by atoms with Gasteiger partial charge in [0, 0.05) is 12.4 Å². The van der Waals surface area contributed by atoms with E-state index in [0.29, 0.717) is 0 Å². The number of rotatable bonds is 4. The van der Waals surface area contributed by atoms with E-state index in [4.69, 9.17) is 0 Å². The van der Waals surface area contributed by atoms with Gasteiger partial charge in [0.1, 0.15) is 0 Å². The van der Waals surface area contributed by atoms with Crippen LogP contribution in [0.15, 0.2) is 24.5 Å². The van der Waals surface area contributed by atoms with Gasteiger partial charge in [-0.25, -0.2) is 0 Å². The fraction of sp³-hybridized carbons (Fsp3) is 0.455. The largest absolute Gasteiger partial charge is 0.349 e. The van der Waals surface area contributed by atoms with E-state index in [1.807, 2.05) is 26.0 Å². The van der Waals surface area contributed by atoms with E-state index >= 15 is 0 Å². The normalized spacial score (nSPS) is 14.3. The molecule has 1 heterocycles. The van der Waals surface area contributed by atoms with Crippen LogP contribution < -0.4 is 5.32 Å². The average molecular weight is 271 g/mol. The summed E-state index contributed by atoms with van der Waals surface area (Å²) in [4.78, 5) is 15.5. The van der Waals surface area contributed by atoms with Crippen molar-refractivity contribution < 1.29 is 4.79 Å². The second kappa shape index (κ2) is 5.85. The third kappa shape index (κ3) is 3.63. The summed E-state index contributed by atoms with van der Waals surface area (Å²) in [6.07, 6.45) is 4.27. The lowest BCUT2D eigenvalue weighted by molar-refractivity contribution is -0.121. The first kappa shape index (κ1) is 12.2. The molecule has 0 aromatic carbocycles. The molecule has 2 atom stereocenters. The maximum Gasteiger partial charge on any atom is 0.234 e. The molecule has 0 radical (unpaired) electrons. The molecule has 0 bridgehead atoms. The van der Waals surface area contributed by atoms with Crippen LogP contribution in [0.4, 0.5) is 0 Å². The summed E-state index contributed by atoms with van der Waals surface area (Å²) < 4.78 is 0. The van der Waals surface area contributed by atoms with Crippen molar-refractivity contribution in [1.29, 1.82) is 0 Å². The Hall–Kier alpha value is -0.900. The Morgan fingerprint density at radius 3 is 2.93 bits per heavy atom. The Morgan fingerprint density at radius 1 is 1.67 bits per heavy atom. The minimum absolute atomic E-state index is 0.00204. The standard InChI is InChI=1S/C11H15BrN2O/c1-3-10(12)11(15)14-8(2)9-5-4-6-13-7-9/h4-8,10H,3H2,1-2H3,(H,14,15). The Bertz CT molecular complexity index is 316. The molecule has 0 fully saturated rings. The van der Waals surface area contributed by atoms with Crippen LogP contribution in [0.5, 0.6) is 0 Å². The minimum atomic E-state index is -0.114. The zero-order valence-corrected chi connectivity index (χ0v) is 10.5. The van der Waals surface area contributed by atoms with Gasteiger partial charge < -0.3 is 5.32 Å². The summed E-state index contributed by atoms with van der Waals surface area (Å²) in [5.41, 5.74) is 1.02. The Labute approximate surface area is 98.4 Å². The minimum Gasteiger partial charge on any atom is -0.349 e. The van der Waals surface area contributed by atoms with Crippen LogP contribution in [-0.2, 0) is 4.79 Å². The van der Waals surface area contributed by atoms with Crippen molar-refractivity contribution in [2.24, 2.45) is 0 Å². The number of nitrogens with zero attached hydrogens (tertiary/aromatic N) is 1. The van der Waals surface area contributed by atoms with Crippen LogP contribution in [0, 0.1) is 0 Å². The van der Waals surface area contributed by atoms with Gasteiger partial charge in [-0.3, -0.25) is 9.78 Å². The molecular weight excluding hydrogens is 256 g/mol. The van der Waals surface area contributed by atoms with Crippen molar-refractivity contribution in [3.63, 3.8) is 0 Å². The van der Waals surface area contributed by atoms with Crippen molar-refractivity contribution in [2.45, 2.75) is 31.1 Å². The van der Waals surface area contributed by atoms with Gasteiger partial charge in [0.25, 0.3) is 0 Å². The molecule has 1 amide bonds. The molecule has 4 heteroatoms. The van der Waals surface area contributed by atoms with Crippen molar-refractivity contribution in [2.75, 3.05) is 0 Å². The molecule has 0 aliphatic carbocycles. The van der Waals surface area contributed by atoms with E-state index in [1.165, 1.54) is 0 Å². The Morgan fingerprint density at radius 2 is 2.40 bits per heavy atom. The van der Waals surface area contributed by atoms with E-state index in [-0.39, 0.29) is 16.8 Å². The number of halogens is 1. The lowest BCUT2D eigenvalue weighted by Gasteiger charge is -2.15. The molecule has 0 saturated heterocycles. The zero-order valence-electron chi connectivity index (χ0n) is 8.90. The van der Waals surface area contributed by atoms with E-state index < -0.39 is 0 Å². The van der Waals surface area contributed by atoms with Crippen LogP contribution in [0.1, 0.15) is 31.9 Å². The van der Waals surface area contributed by atoms with Gasteiger partial charge in [-0.15, -0.1) is 0 Å². The quantitative estimate of drug-likeness (QED) is 0.854. The third-order valence-corrected chi connectivity index (χ3v) is 3.25. The lowest BCUT2D eigenvalue weighted by Crippen LogP contribution is -2.32. The van der Waals surface area contributed by atoms with Gasteiger partial charge >= 0.3 is 0 Å². The number of alkyl halides is 1. The number of carbonyl (C=O) groups excluding carboxylic acids is 1. The molecule has 1 aromatic heterocycles. The molecule has 1 N–H and O–H groups in total. The molecule has 15 heavy (non-hydrogen) atoms. The van der Waals surface area contributed by atoms with Gasteiger partial charge in [-0.2, -0.15) is 0 Å². The fourth-order valence-electron chi connectivity index (χ4n) is 1.20. The van der Waals surface area contributed by atoms with Crippen molar-refractivity contribution in [3.8, 4) is 0 Å². The molecule has 0 aliphatic heterocycles. The SMILES string of the molecule is CCC(Br)C(=O)NC(C)c1cccnc1. The summed E-state index contributed by atoms with van der Waals surface area (Å²) in [6, 6.07) is 3.81. The van der Waals surface area contributed by atoms with E-state index in [1.54, 1.807) is 12.4 Å². The predicted octanol–water partition coefficient (Wildman–Crippen LogP) is 2.43. The summed E-state index contributed by atoms with van der Waals surface area (Å²) in [5, 5.41) is 2.92. The maximum atomic E-state index is 11.6. The lowest BCUT2D eigenvalue weighted by atomic mass is 10.1. The predicted molar refractivity (Wildman–Crippen MR) is 63.8 cm³/mol. The molecule has 3 nitrogen and oxygen atoms in total. The number of nitrogens with one attached hydrogen (secondary N) is 1. The molecule has 0 aliphatic rings. The molecule has 2 unspecified atom stereocenters. The van der Waals surface area contributed by atoms with E-state index in [0.717, 1.165) is 12.0 Å². The highest BCUT2D eigenvalue weighted by atomic mass is 79.9. The number of carbonyl (C=O) groups is 1. The van der Waals surface area contributed by atoms with Crippen molar-refractivity contribution >= 4 is 21.8 Å². The van der Waals surface area contributed by atoms with Crippen LogP contribution >= 0.6 is 15.9 Å². The van der Waals surface area contributed by atoms with E-state index in [2.05, 4.69) is 26.2 Å². The smallest absolute Gasteiger partial charge is 0.234 e.